The molecule has 0 atom stereocenters. The Morgan fingerprint density at radius 2 is 1.35 bits per heavy atom. The first-order valence-electron chi connectivity index (χ1n) is 11.2. The molecule has 6 nitrogen and oxygen atoms in total. The van der Waals surface area contributed by atoms with E-state index in [1.165, 1.54) is 10.5 Å². The lowest BCUT2D eigenvalue weighted by Crippen LogP contribution is -2.31. The van der Waals surface area contributed by atoms with Gasteiger partial charge < -0.3 is 9.47 Å². The number of benzene rings is 3. The number of hydrogen-bond donors (Lipinski definition) is 0. The van der Waals surface area contributed by atoms with Gasteiger partial charge in [0.15, 0.2) is 6.61 Å². The van der Waals surface area contributed by atoms with Crippen molar-refractivity contribution in [3.63, 3.8) is 0 Å². The number of fused-ring (bicyclic) bond motifs is 1. The van der Waals surface area contributed by atoms with E-state index in [0.717, 1.165) is 5.56 Å². The molecule has 1 aliphatic rings. The summed E-state index contributed by atoms with van der Waals surface area (Å²) in [6, 6.07) is 21.5. The molecule has 0 unspecified atom stereocenters. The summed E-state index contributed by atoms with van der Waals surface area (Å²) in [5, 5.41) is 0. The van der Waals surface area contributed by atoms with Crippen LogP contribution in [0, 0.1) is 0 Å². The van der Waals surface area contributed by atoms with E-state index in [1.54, 1.807) is 36.4 Å². The Bertz CT molecular complexity index is 1170. The van der Waals surface area contributed by atoms with Crippen LogP contribution < -0.4 is 9.47 Å². The number of nitrogens with zero attached hydrogens (tertiary/aromatic N) is 1. The average Bonchev–Trinajstić information content (AvgIpc) is 3.07. The molecule has 174 valence electrons. The zero-order valence-electron chi connectivity index (χ0n) is 19.5. The van der Waals surface area contributed by atoms with Crippen molar-refractivity contribution in [2.24, 2.45) is 0 Å². The summed E-state index contributed by atoms with van der Waals surface area (Å²) in [4.78, 5) is 38.3. The number of hydrogen-bond acceptors (Lipinski definition) is 5. The summed E-state index contributed by atoms with van der Waals surface area (Å²) >= 11 is 0. The van der Waals surface area contributed by atoms with Gasteiger partial charge in [0.1, 0.15) is 11.5 Å². The Hall–Kier alpha value is -3.93. The molecule has 3 aromatic rings. The van der Waals surface area contributed by atoms with E-state index in [2.05, 4.69) is 20.8 Å². The van der Waals surface area contributed by atoms with Crippen molar-refractivity contribution in [2.75, 3.05) is 13.2 Å². The molecule has 0 fully saturated rings. The highest BCUT2D eigenvalue weighted by Gasteiger charge is 2.34. The molecule has 0 aliphatic carbocycles. The Kier molecular flexibility index (Phi) is 6.50. The van der Waals surface area contributed by atoms with Crippen LogP contribution in [0.15, 0.2) is 72.8 Å². The normalized spacial score (nSPS) is 13.1. The molecule has 0 bridgehead atoms. The van der Waals surface area contributed by atoms with Crippen LogP contribution in [0.2, 0.25) is 0 Å². The lowest BCUT2D eigenvalue weighted by molar-refractivity contribution is -0.136. The zero-order valence-corrected chi connectivity index (χ0v) is 19.5. The Balaban J connectivity index is 1.26. The fraction of sp³-hybridized carbons (Fsp3) is 0.250. The fourth-order valence-corrected chi connectivity index (χ4v) is 3.76. The third-order valence-electron chi connectivity index (χ3n) is 5.73. The maximum absolute atomic E-state index is 12.5. The summed E-state index contributed by atoms with van der Waals surface area (Å²) in [6.45, 7) is 6.49. The summed E-state index contributed by atoms with van der Waals surface area (Å²) in [5.74, 6) is -0.0216. The standard InChI is InChI=1S/C28H27NO5/c1-28(2,3)20-10-14-21(15-11-20)33-18-25(30)34-22-12-8-19(9-13-22)16-17-29-26(31)23-6-4-5-7-24(23)27(29)32/h4-15H,16-18H2,1-3H3. The van der Waals surface area contributed by atoms with Crippen molar-refractivity contribution < 1.29 is 23.9 Å². The first-order chi connectivity index (χ1) is 16.2. The minimum atomic E-state index is -0.501. The van der Waals surface area contributed by atoms with Gasteiger partial charge in [-0.3, -0.25) is 14.5 Å². The predicted molar refractivity (Wildman–Crippen MR) is 128 cm³/mol. The maximum atomic E-state index is 12.5. The predicted octanol–water partition coefficient (Wildman–Crippen LogP) is 4.81. The van der Waals surface area contributed by atoms with Gasteiger partial charge in [0.25, 0.3) is 11.8 Å². The number of carbonyl (C=O) groups is 3. The average molecular weight is 458 g/mol. The smallest absolute Gasteiger partial charge is 0.349 e. The van der Waals surface area contributed by atoms with Crippen molar-refractivity contribution in [1.82, 2.24) is 4.90 Å². The Labute approximate surface area is 199 Å². The number of imide groups is 1. The van der Waals surface area contributed by atoms with E-state index in [4.69, 9.17) is 9.47 Å². The highest BCUT2D eigenvalue weighted by Crippen LogP contribution is 2.25. The topological polar surface area (TPSA) is 72.9 Å². The van der Waals surface area contributed by atoms with Gasteiger partial charge in [-0.05, 0) is 59.4 Å². The minimum absolute atomic E-state index is 0.0498. The number of carbonyl (C=O) groups excluding carboxylic acids is 3. The van der Waals surface area contributed by atoms with Gasteiger partial charge in [-0.1, -0.05) is 57.2 Å². The number of esters is 1. The number of rotatable bonds is 7. The van der Waals surface area contributed by atoms with Gasteiger partial charge in [0.2, 0.25) is 0 Å². The molecule has 3 aromatic carbocycles. The van der Waals surface area contributed by atoms with Crippen LogP contribution in [0.4, 0.5) is 0 Å². The molecule has 0 aromatic heterocycles. The van der Waals surface area contributed by atoms with Crippen molar-refractivity contribution in [3.8, 4) is 11.5 Å². The molecule has 6 heteroatoms. The molecule has 2 amide bonds. The van der Waals surface area contributed by atoms with Crippen LogP contribution in [0.1, 0.15) is 52.6 Å². The SMILES string of the molecule is CC(C)(C)c1ccc(OCC(=O)Oc2ccc(CCN3C(=O)c4ccccc4C3=O)cc2)cc1. The molecule has 0 saturated carbocycles. The largest absolute Gasteiger partial charge is 0.482 e. The van der Waals surface area contributed by atoms with Crippen LogP contribution in [0.25, 0.3) is 0 Å². The lowest BCUT2D eigenvalue weighted by atomic mass is 9.87. The van der Waals surface area contributed by atoms with E-state index in [0.29, 0.717) is 29.0 Å². The quantitative estimate of drug-likeness (QED) is 0.289. The van der Waals surface area contributed by atoms with Crippen LogP contribution in [-0.2, 0) is 16.6 Å². The third kappa shape index (κ3) is 5.17. The number of amides is 2. The van der Waals surface area contributed by atoms with Gasteiger partial charge in [0, 0.05) is 6.54 Å². The van der Waals surface area contributed by atoms with Gasteiger partial charge in [-0.15, -0.1) is 0 Å². The molecule has 0 radical (unpaired) electrons. The van der Waals surface area contributed by atoms with Gasteiger partial charge in [0.05, 0.1) is 11.1 Å². The van der Waals surface area contributed by atoms with E-state index in [-0.39, 0.29) is 30.4 Å². The first kappa shape index (κ1) is 23.2. The Morgan fingerprint density at radius 3 is 1.91 bits per heavy atom. The van der Waals surface area contributed by atoms with Crippen LogP contribution in [0.5, 0.6) is 11.5 Å². The molecular weight excluding hydrogens is 430 g/mol. The van der Waals surface area contributed by atoms with Crippen LogP contribution >= 0.6 is 0 Å². The zero-order chi connectivity index (χ0) is 24.3. The fourth-order valence-electron chi connectivity index (χ4n) is 3.76. The van der Waals surface area contributed by atoms with E-state index in [9.17, 15) is 14.4 Å². The van der Waals surface area contributed by atoms with Gasteiger partial charge >= 0.3 is 5.97 Å². The summed E-state index contributed by atoms with van der Waals surface area (Å²) in [5.41, 5.74) is 3.05. The molecule has 0 N–H and O–H groups in total. The second kappa shape index (κ2) is 9.51. The molecular formula is C28H27NO5. The molecule has 4 rings (SSSR count). The third-order valence-corrected chi connectivity index (χ3v) is 5.73. The van der Waals surface area contributed by atoms with Crippen LogP contribution in [-0.4, -0.2) is 35.8 Å². The van der Waals surface area contributed by atoms with Crippen molar-refractivity contribution in [3.05, 3.63) is 95.1 Å². The molecule has 0 saturated heterocycles. The lowest BCUT2D eigenvalue weighted by Gasteiger charge is -2.19. The second-order valence-corrected chi connectivity index (χ2v) is 9.24. The summed E-state index contributed by atoms with van der Waals surface area (Å²) in [6.07, 6.45) is 0.507. The van der Waals surface area contributed by atoms with Gasteiger partial charge in [-0.25, -0.2) is 4.79 Å². The first-order valence-corrected chi connectivity index (χ1v) is 11.2. The highest BCUT2D eigenvalue weighted by molar-refractivity contribution is 6.21. The molecule has 1 aliphatic heterocycles. The monoisotopic (exact) mass is 457 g/mol. The highest BCUT2D eigenvalue weighted by atomic mass is 16.6. The van der Waals surface area contributed by atoms with E-state index in [1.807, 2.05) is 36.4 Å². The molecule has 1 heterocycles. The van der Waals surface area contributed by atoms with Gasteiger partial charge in [-0.2, -0.15) is 0 Å². The summed E-state index contributed by atoms with van der Waals surface area (Å²) < 4.78 is 10.9. The summed E-state index contributed by atoms with van der Waals surface area (Å²) in [7, 11) is 0. The minimum Gasteiger partial charge on any atom is -0.482 e. The molecule has 34 heavy (non-hydrogen) atoms. The van der Waals surface area contributed by atoms with Crippen LogP contribution in [0.3, 0.4) is 0 Å². The van der Waals surface area contributed by atoms with Crippen molar-refractivity contribution in [1.29, 1.82) is 0 Å². The van der Waals surface area contributed by atoms with Crippen molar-refractivity contribution >= 4 is 17.8 Å². The van der Waals surface area contributed by atoms with Crippen molar-refractivity contribution in [2.45, 2.75) is 32.6 Å². The Morgan fingerprint density at radius 1 is 0.794 bits per heavy atom. The van der Waals surface area contributed by atoms with E-state index >= 15 is 0 Å². The molecule has 0 spiro atoms. The number of ether oxygens (including phenoxy) is 2. The van der Waals surface area contributed by atoms with E-state index < -0.39 is 5.97 Å². The maximum Gasteiger partial charge on any atom is 0.349 e. The second-order valence-electron chi connectivity index (χ2n) is 9.24.